The number of hydrogen-bond acceptors (Lipinski definition) is 6. The van der Waals surface area contributed by atoms with Crippen LogP contribution in [0.5, 0.6) is 0 Å². The van der Waals surface area contributed by atoms with Gasteiger partial charge in [0.2, 0.25) is 0 Å². The summed E-state index contributed by atoms with van der Waals surface area (Å²) in [6.45, 7) is 0. The largest absolute Gasteiger partial charge is 0.465 e. The molecule has 0 fully saturated rings. The quantitative estimate of drug-likeness (QED) is 0.654. The van der Waals surface area contributed by atoms with Crippen molar-refractivity contribution in [2.24, 2.45) is 0 Å². The molecule has 1 aliphatic carbocycles. The predicted octanol–water partition coefficient (Wildman–Crippen LogP) is 3.64. The Morgan fingerprint density at radius 1 is 1.21 bits per heavy atom. The Balaban J connectivity index is 1.72. The summed E-state index contributed by atoms with van der Waals surface area (Å²) in [4.78, 5) is 16.8. The van der Waals surface area contributed by atoms with Crippen molar-refractivity contribution >= 4 is 32.5 Å². The van der Waals surface area contributed by atoms with Crippen LogP contribution in [0.25, 0.3) is 11.3 Å². The molecule has 1 aromatic heterocycles. The van der Waals surface area contributed by atoms with Crippen molar-refractivity contribution in [3.8, 4) is 11.3 Å². The predicted molar refractivity (Wildman–Crippen MR) is 104 cm³/mol. The van der Waals surface area contributed by atoms with Gasteiger partial charge in [0.1, 0.15) is 10.7 Å². The highest BCUT2D eigenvalue weighted by atomic mass is 32.2. The van der Waals surface area contributed by atoms with Crippen molar-refractivity contribution in [1.82, 2.24) is 4.98 Å². The molecule has 3 aromatic rings. The van der Waals surface area contributed by atoms with Crippen LogP contribution < -0.4 is 4.72 Å². The highest BCUT2D eigenvalue weighted by Gasteiger charge is 2.27. The third-order valence-electron chi connectivity index (χ3n) is 4.45. The smallest absolute Gasteiger partial charge is 0.339 e. The maximum absolute atomic E-state index is 13.7. The monoisotopic (exact) mass is 418 g/mol. The van der Waals surface area contributed by atoms with Gasteiger partial charge in [0.15, 0.2) is 5.13 Å². The second-order valence-electron chi connectivity index (χ2n) is 6.19. The second-order valence-corrected chi connectivity index (χ2v) is 8.92. The summed E-state index contributed by atoms with van der Waals surface area (Å²) in [5.41, 5.74) is 2.64. The fourth-order valence-electron chi connectivity index (χ4n) is 3.16. The average molecular weight is 418 g/mol. The number of fused-ring (bicyclic) bond motifs is 3. The van der Waals surface area contributed by atoms with E-state index in [4.69, 9.17) is 0 Å². The Labute approximate surface area is 165 Å². The minimum Gasteiger partial charge on any atom is -0.465 e. The Kier molecular flexibility index (Phi) is 4.64. The maximum Gasteiger partial charge on any atom is 0.339 e. The number of nitrogens with one attached hydrogen (secondary N) is 1. The zero-order valence-electron chi connectivity index (χ0n) is 14.7. The van der Waals surface area contributed by atoms with Crippen LogP contribution in [0.1, 0.15) is 20.8 Å². The number of benzene rings is 2. The van der Waals surface area contributed by atoms with Gasteiger partial charge in [0, 0.05) is 10.4 Å². The first-order valence-electron chi connectivity index (χ1n) is 8.38. The summed E-state index contributed by atoms with van der Waals surface area (Å²) in [5.74, 6) is -1.65. The lowest BCUT2D eigenvalue weighted by Gasteiger charge is -2.13. The molecule has 0 radical (unpaired) electrons. The number of aromatic nitrogens is 1. The number of carbonyl (C=O) groups excluding carboxylic acids is 1. The maximum atomic E-state index is 13.7. The number of ether oxygens (including phenoxy) is 1. The molecule has 0 bridgehead atoms. The van der Waals surface area contributed by atoms with E-state index in [0.717, 1.165) is 59.8 Å². The van der Waals surface area contributed by atoms with Gasteiger partial charge in [-0.1, -0.05) is 24.3 Å². The molecule has 1 aliphatic rings. The molecule has 1 N–H and O–H groups in total. The standard InChI is InChI=1S/C19H15FN2O4S2/c1-26-18(23)14-8-7-12(20)10-16(14)28(24,25)22-19-21-17-13-5-3-2-4-11(13)6-9-15(17)27-19/h2-5,7-8,10H,6,9H2,1H3,(H,21,22). The third-order valence-corrected chi connectivity index (χ3v) is 6.99. The molecule has 2 aromatic carbocycles. The molecule has 0 saturated carbocycles. The first-order valence-corrected chi connectivity index (χ1v) is 10.7. The lowest BCUT2D eigenvalue weighted by molar-refractivity contribution is 0.0596. The van der Waals surface area contributed by atoms with E-state index in [-0.39, 0.29) is 10.7 Å². The lowest BCUT2D eigenvalue weighted by atomic mass is 9.94. The number of carbonyl (C=O) groups is 1. The van der Waals surface area contributed by atoms with Gasteiger partial charge in [0.05, 0.1) is 18.4 Å². The van der Waals surface area contributed by atoms with Crippen molar-refractivity contribution in [1.29, 1.82) is 0 Å². The summed E-state index contributed by atoms with van der Waals surface area (Å²) in [6.07, 6.45) is 1.62. The minimum absolute atomic E-state index is 0.168. The van der Waals surface area contributed by atoms with Gasteiger partial charge in [0.25, 0.3) is 10.0 Å². The fourth-order valence-corrected chi connectivity index (χ4v) is 5.58. The molecular weight excluding hydrogens is 403 g/mol. The van der Waals surface area contributed by atoms with Crippen LogP contribution in [0.3, 0.4) is 0 Å². The van der Waals surface area contributed by atoms with Crippen molar-refractivity contribution in [3.05, 3.63) is 64.3 Å². The SMILES string of the molecule is COC(=O)c1ccc(F)cc1S(=O)(=O)Nc1nc2c(s1)CCc1ccccc1-2. The van der Waals surface area contributed by atoms with Crippen LogP contribution in [-0.4, -0.2) is 26.5 Å². The number of rotatable bonds is 4. The minimum atomic E-state index is -4.24. The number of anilines is 1. The van der Waals surface area contributed by atoms with Gasteiger partial charge in [-0.25, -0.2) is 22.6 Å². The van der Waals surface area contributed by atoms with Crippen LogP contribution in [0.15, 0.2) is 47.4 Å². The molecule has 0 aliphatic heterocycles. The van der Waals surface area contributed by atoms with Crippen LogP contribution in [0, 0.1) is 5.82 Å². The van der Waals surface area contributed by atoms with E-state index in [1.807, 2.05) is 24.3 Å². The average Bonchev–Trinajstić information content (AvgIpc) is 3.09. The molecule has 0 unspecified atom stereocenters. The van der Waals surface area contributed by atoms with Crippen molar-refractivity contribution in [2.45, 2.75) is 17.7 Å². The van der Waals surface area contributed by atoms with Crippen molar-refractivity contribution < 1.29 is 22.3 Å². The number of hydrogen-bond donors (Lipinski definition) is 1. The summed E-state index contributed by atoms with van der Waals surface area (Å²) >= 11 is 1.23. The number of aryl methyl sites for hydroxylation is 2. The zero-order valence-corrected chi connectivity index (χ0v) is 16.4. The van der Waals surface area contributed by atoms with Gasteiger partial charge in [-0.05, 0) is 36.6 Å². The van der Waals surface area contributed by atoms with Gasteiger partial charge in [-0.2, -0.15) is 0 Å². The Hall–Kier alpha value is -2.78. The number of sulfonamides is 1. The first kappa shape index (κ1) is 18.6. The highest BCUT2D eigenvalue weighted by Crippen LogP contribution is 2.38. The summed E-state index contributed by atoms with van der Waals surface area (Å²) < 4.78 is 46.3. The van der Waals surface area contributed by atoms with Crippen LogP contribution >= 0.6 is 11.3 Å². The van der Waals surface area contributed by atoms with Crippen LogP contribution in [0.2, 0.25) is 0 Å². The molecule has 0 saturated heterocycles. The van der Waals surface area contributed by atoms with Gasteiger partial charge >= 0.3 is 5.97 Å². The van der Waals surface area contributed by atoms with Crippen molar-refractivity contribution in [3.63, 3.8) is 0 Å². The van der Waals surface area contributed by atoms with Crippen LogP contribution in [-0.2, 0) is 27.6 Å². The van der Waals surface area contributed by atoms with Gasteiger partial charge in [-0.3, -0.25) is 4.72 Å². The topological polar surface area (TPSA) is 85.4 Å². The molecule has 6 nitrogen and oxygen atoms in total. The molecule has 0 spiro atoms. The number of nitrogens with zero attached hydrogens (tertiary/aromatic N) is 1. The molecule has 9 heteroatoms. The van der Waals surface area contributed by atoms with E-state index >= 15 is 0 Å². The Morgan fingerprint density at radius 2 is 2.00 bits per heavy atom. The first-order chi connectivity index (χ1) is 13.4. The van der Waals surface area contributed by atoms with E-state index in [0.29, 0.717) is 0 Å². The van der Waals surface area contributed by atoms with E-state index in [9.17, 15) is 17.6 Å². The Bertz CT molecular complexity index is 1190. The van der Waals surface area contributed by atoms with Crippen molar-refractivity contribution in [2.75, 3.05) is 11.8 Å². The second kappa shape index (κ2) is 6.99. The van der Waals surface area contributed by atoms with E-state index in [1.165, 1.54) is 11.3 Å². The normalized spacial score (nSPS) is 12.8. The van der Waals surface area contributed by atoms with Gasteiger partial charge < -0.3 is 4.74 Å². The number of esters is 1. The number of methoxy groups -OCH3 is 1. The number of thiazole rings is 1. The highest BCUT2D eigenvalue weighted by molar-refractivity contribution is 7.93. The zero-order chi connectivity index (χ0) is 19.9. The molecule has 0 atom stereocenters. The Morgan fingerprint density at radius 3 is 2.79 bits per heavy atom. The molecular formula is C19H15FN2O4S2. The van der Waals surface area contributed by atoms with E-state index < -0.39 is 26.7 Å². The number of halogens is 1. The summed E-state index contributed by atoms with van der Waals surface area (Å²) in [7, 11) is -3.11. The summed E-state index contributed by atoms with van der Waals surface area (Å²) in [6, 6.07) is 10.7. The molecule has 1 heterocycles. The fraction of sp³-hybridized carbons (Fsp3) is 0.158. The van der Waals surface area contributed by atoms with Crippen LogP contribution in [0.4, 0.5) is 9.52 Å². The molecule has 0 amide bonds. The third kappa shape index (κ3) is 3.27. The van der Waals surface area contributed by atoms with E-state index in [1.54, 1.807) is 0 Å². The van der Waals surface area contributed by atoms with E-state index in [2.05, 4.69) is 14.4 Å². The molecule has 28 heavy (non-hydrogen) atoms. The molecule has 144 valence electrons. The van der Waals surface area contributed by atoms with Gasteiger partial charge in [-0.15, -0.1) is 11.3 Å². The lowest BCUT2D eigenvalue weighted by Crippen LogP contribution is -2.18. The summed E-state index contributed by atoms with van der Waals surface area (Å²) in [5, 5.41) is 0.168. The molecule has 4 rings (SSSR count).